The van der Waals surface area contributed by atoms with Gasteiger partial charge in [-0.1, -0.05) is 36.0 Å². The number of aromatic nitrogens is 2. The first-order chi connectivity index (χ1) is 14.4. The van der Waals surface area contributed by atoms with Gasteiger partial charge in [0, 0.05) is 17.9 Å². The van der Waals surface area contributed by atoms with E-state index in [4.69, 9.17) is 9.72 Å². The van der Waals surface area contributed by atoms with Crippen molar-refractivity contribution in [1.82, 2.24) is 9.55 Å². The van der Waals surface area contributed by atoms with E-state index in [-0.39, 0.29) is 5.56 Å². The number of hydrogen-bond donors (Lipinski definition) is 0. The van der Waals surface area contributed by atoms with Gasteiger partial charge >= 0.3 is 6.18 Å². The molecule has 3 aromatic rings. The Hall–Kier alpha value is -2.39. The van der Waals surface area contributed by atoms with Gasteiger partial charge in [-0.25, -0.2) is 4.98 Å². The van der Waals surface area contributed by atoms with Crippen LogP contribution in [-0.2, 0) is 18.3 Å². The molecule has 1 aromatic heterocycles. The topological polar surface area (TPSA) is 44.1 Å². The van der Waals surface area contributed by atoms with Crippen LogP contribution in [0.3, 0.4) is 0 Å². The predicted molar refractivity (Wildman–Crippen MR) is 112 cm³/mol. The fraction of sp³-hybridized carbons (Fsp3) is 0.238. The average Bonchev–Trinajstić information content (AvgIpc) is 3.21. The van der Waals surface area contributed by atoms with Gasteiger partial charge in [0.2, 0.25) is 0 Å². The van der Waals surface area contributed by atoms with Crippen molar-refractivity contribution in [3.05, 3.63) is 75.7 Å². The van der Waals surface area contributed by atoms with Gasteiger partial charge < -0.3 is 4.74 Å². The third-order valence-corrected chi connectivity index (χ3v) is 6.76. The molecule has 0 unspecified atom stereocenters. The fourth-order valence-electron chi connectivity index (χ4n) is 3.15. The number of aryl methyl sites for hydroxylation is 1. The van der Waals surface area contributed by atoms with Crippen molar-refractivity contribution < 1.29 is 17.9 Å². The zero-order valence-electron chi connectivity index (χ0n) is 15.9. The third kappa shape index (κ3) is 4.09. The van der Waals surface area contributed by atoms with E-state index in [2.05, 4.69) is 0 Å². The van der Waals surface area contributed by atoms with E-state index in [1.54, 1.807) is 12.1 Å². The molecule has 4 nitrogen and oxygen atoms in total. The minimum atomic E-state index is -4.37. The zero-order chi connectivity index (χ0) is 21.3. The maximum absolute atomic E-state index is 13.2. The van der Waals surface area contributed by atoms with Gasteiger partial charge in [-0.3, -0.25) is 9.36 Å². The molecule has 1 aliphatic heterocycles. The summed E-state index contributed by atoms with van der Waals surface area (Å²) in [4.78, 5) is 18.6. The van der Waals surface area contributed by atoms with Crippen molar-refractivity contribution in [3.8, 4) is 11.4 Å². The van der Waals surface area contributed by atoms with Gasteiger partial charge in [-0.05, 0) is 29.8 Å². The number of methoxy groups -OCH3 is 1. The molecule has 0 N–H and O–H groups in total. The van der Waals surface area contributed by atoms with Crippen molar-refractivity contribution in [2.24, 2.45) is 0 Å². The van der Waals surface area contributed by atoms with Crippen LogP contribution in [0, 0.1) is 0 Å². The maximum Gasteiger partial charge on any atom is 0.416 e. The van der Waals surface area contributed by atoms with Crippen LogP contribution >= 0.6 is 23.5 Å². The first kappa shape index (κ1) is 20.9. The summed E-state index contributed by atoms with van der Waals surface area (Å²) in [6.07, 6.45) is -3.65. The molecule has 0 amide bonds. The molecular weight excluding hydrogens is 433 g/mol. The Morgan fingerprint density at radius 1 is 1.17 bits per heavy atom. The Labute approximate surface area is 179 Å². The van der Waals surface area contributed by atoms with E-state index in [0.29, 0.717) is 32.8 Å². The van der Waals surface area contributed by atoms with Crippen LogP contribution in [0.4, 0.5) is 13.2 Å². The maximum atomic E-state index is 13.2. The zero-order valence-corrected chi connectivity index (χ0v) is 17.5. The number of halogens is 3. The highest BCUT2D eigenvalue weighted by molar-refractivity contribution is 7.99. The molecule has 156 valence electrons. The van der Waals surface area contributed by atoms with Crippen LogP contribution in [0.25, 0.3) is 5.69 Å². The second kappa shape index (κ2) is 8.39. The van der Waals surface area contributed by atoms with Crippen LogP contribution in [-0.4, -0.2) is 22.4 Å². The molecule has 0 bridgehead atoms. The van der Waals surface area contributed by atoms with E-state index < -0.39 is 11.7 Å². The molecule has 0 saturated heterocycles. The van der Waals surface area contributed by atoms with Gasteiger partial charge in [0.15, 0.2) is 5.16 Å². The number of hydrogen-bond acceptors (Lipinski definition) is 5. The minimum Gasteiger partial charge on any atom is -0.495 e. The summed E-state index contributed by atoms with van der Waals surface area (Å²) >= 11 is 2.80. The number of ether oxygens (including phenoxy) is 1. The number of rotatable bonds is 5. The first-order valence-electron chi connectivity index (χ1n) is 9.09. The Morgan fingerprint density at radius 3 is 2.60 bits per heavy atom. The molecule has 0 spiro atoms. The number of nitrogens with zero attached hydrogens (tertiary/aromatic N) is 2. The minimum absolute atomic E-state index is 0.151. The molecule has 30 heavy (non-hydrogen) atoms. The standard InChI is InChI=1S/C21H17F3N2O2S2/c1-28-17-5-3-2-4-16(17)26-19(27)18-15(10-11-29-18)25-20(26)30-12-13-6-8-14(9-7-13)21(22,23)24/h2-9H,10-12H2,1H3. The lowest BCUT2D eigenvalue weighted by atomic mass is 10.1. The first-order valence-corrected chi connectivity index (χ1v) is 11.1. The van der Waals surface area contributed by atoms with E-state index in [1.807, 2.05) is 12.1 Å². The number of alkyl halides is 3. The van der Waals surface area contributed by atoms with Crippen LogP contribution in [0.2, 0.25) is 0 Å². The molecule has 4 rings (SSSR count). The summed E-state index contributed by atoms with van der Waals surface area (Å²) in [6, 6.07) is 12.2. The highest BCUT2D eigenvalue weighted by atomic mass is 32.2. The van der Waals surface area contributed by atoms with Crippen molar-refractivity contribution in [2.45, 2.75) is 28.4 Å². The molecule has 0 aliphatic carbocycles. The Kier molecular flexibility index (Phi) is 5.84. The highest BCUT2D eigenvalue weighted by Crippen LogP contribution is 2.34. The fourth-order valence-corrected chi connectivity index (χ4v) is 5.16. The SMILES string of the molecule is COc1ccccc1-n1c(SCc2ccc(C(F)(F)F)cc2)nc2c(c1=O)SCC2. The molecule has 0 radical (unpaired) electrons. The Balaban J connectivity index is 1.71. The van der Waals surface area contributed by atoms with E-state index in [9.17, 15) is 18.0 Å². The normalized spacial score (nSPS) is 13.3. The van der Waals surface area contributed by atoms with E-state index >= 15 is 0 Å². The van der Waals surface area contributed by atoms with Crippen molar-refractivity contribution in [2.75, 3.05) is 12.9 Å². The van der Waals surface area contributed by atoms with Gasteiger partial charge in [0.1, 0.15) is 5.75 Å². The number of thioether (sulfide) groups is 2. The van der Waals surface area contributed by atoms with Gasteiger partial charge in [0.25, 0.3) is 5.56 Å². The molecular formula is C21H17F3N2O2S2. The van der Waals surface area contributed by atoms with Crippen molar-refractivity contribution >= 4 is 23.5 Å². The summed E-state index contributed by atoms with van der Waals surface area (Å²) < 4.78 is 45.3. The van der Waals surface area contributed by atoms with Gasteiger partial charge in [0.05, 0.1) is 29.0 Å². The highest BCUT2D eigenvalue weighted by Gasteiger charge is 2.30. The quantitative estimate of drug-likeness (QED) is 0.395. The summed E-state index contributed by atoms with van der Waals surface area (Å²) in [6.45, 7) is 0. The summed E-state index contributed by atoms with van der Waals surface area (Å²) in [5, 5.41) is 0.491. The summed E-state index contributed by atoms with van der Waals surface area (Å²) in [5.41, 5.74) is 1.23. The largest absolute Gasteiger partial charge is 0.495 e. The van der Waals surface area contributed by atoms with Crippen LogP contribution < -0.4 is 10.3 Å². The number of fused-ring (bicyclic) bond motifs is 1. The third-order valence-electron chi connectivity index (χ3n) is 4.64. The number of para-hydroxylation sites is 2. The van der Waals surface area contributed by atoms with Crippen LogP contribution in [0.1, 0.15) is 16.8 Å². The number of benzene rings is 2. The van der Waals surface area contributed by atoms with Gasteiger partial charge in [-0.15, -0.1) is 11.8 Å². The smallest absolute Gasteiger partial charge is 0.416 e. The lowest BCUT2D eigenvalue weighted by Crippen LogP contribution is -2.24. The summed E-state index contributed by atoms with van der Waals surface area (Å²) in [5.74, 6) is 1.73. The molecule has 2 heterocycles. The lowest BCUT2D eigenvalue weighted by molar-refractivity contribution is -0.137. The Bertz CT molecular complexity index is 1130. The molecule has 1 aliphatic rings. The predicted octanol–water partition coefficient (Wildman–Crippen LogP) is 5.20. The second-order valence-electron chi connectivity index (χ2n) is 6.56. The van der Waals surface area contributed by atoms with Crippen molar-refractivity contribution in [3.63, 3.8) is 0 Å². The molecule has 9 heteroatoms. The van der Waals surface area contributed by atoms with Crippen LogP contribution in [0.5, 0.6) is 5.75 Å². The second-order valence-corrected chi connectivity index (χ2v) is 8.61. The Morgan fingerprint density at radius 2 is 1.90 bits per heavy atom. The van der Waals surface area contributed by atoms with Gasteiger partial charge in [-0.2, -0.15) is 13.2 Å². The molecule has 2 aromatic carbocycles. The van der Waals surface area contributed by atoms with E-state index in [1.165, 1.54) is 47.3 Å². The molecule has 0 atom stereocenters. The van der Waals surface area contributed by atoms with E-state index in [0.717, 1.165) is 30.0 Å². The molecule has 0 fully saturated rings. The van der Waals surface area contributed by atoms with Crippen LogP contribution in [0.15, 0.2) is 63.4 Å². The average molecular weight is 451 g/mol. The lowest BCUT2D eigenvalue weighted by Gasteiger charge is -2.16. The monoisotopic (exact) mass is 450 g/mol. The summed E-state index contributed by atoms with van der Waals surface area (Å²) in [7, 11) is 1.54. The van der Waals surface area contributed by atoms with Crippen molar-refractivity contribution in [1.29, 1.82) is 0 Å². The molecule has 0 saturated carbocycles.